The van der Waals surface area contributed by atoms with E-state index in [4.69, 9.17) is 14.2 Å². The van der Waals surface area contributed by atoms with Gasteiger partial charge in [0, 0.05) is 19.3 Å². The van der Waals surface area contributed by atoms with Crippen LogP contribution in [0.15, 0.2) is 12.2 Å². The predicted octanol–water partition coefficient (Wildman–Crippen LogP) is 23.6. The van der Waals surface area contributed by atoms with Crippen molar-refractivity contribution in [3.05, 3.63) is 12.2 Å². The van der Waals surface area contributed by atoms with Gasteiger partial charge in [-0.1, -0.05) is 348 Å². The van der Waals surface area contributed by atoms with Crippen LogP contribution in [0.1, 0.15) is 400 Å². The summed E-state index contributed by atoms with van der Waals surface area (Å²) in [6, 6.07) is 0. The molecule has 76 heavy (non-hydrogen) atoms. The van der Waals surface area contributed by atoms with E-state index >= 15 is 0 Å². The lowest BCUT2D eigenvalue weighted by molar-refractivity contribution is -0.167. The molecule has 0 aliphatic rings. The Morgan fingerprint density at radius 2 is 0.434 bits per heavy atom. The van der Waals surface area contributed by atoms with Crippen molar-refractivity contribution in [2.75, 3.05) is 13.2 Å². The Labute approximate surface area is 475 Å². The lowest BCUT2D eigenvalue weighted by atomic mass is 10.0. The molecule has 0 saturated heterocycles. The Morgan fingerprint density at radius 3 is 0.658 bits per heavy atom. The minimum atomic E-state index is -0.770. The lowest BCUT2D eigenvalue weighted by Crippen LogP contribution is -2.30. The third kappa shape index (κ3) is 63.0. The highest BCUT2D eigenvalue weighted by Crippen LogP contribution is 2.19. The van der Waals surface area contributed by atoms with Crippen LogP contribution >= 0.6 is 0 Å². The second-order valence-electron chi connectivity index (χ2n) is 23.8. The summed E-state index contributed by atoms with van der Waals surface area (Å²) >= 11 is 0. The van der Waals surface area contributed by atoms with Crippen LogP contribution in [0.3, 0.4) is 0 Å². The molecule has 0 rings (SSSR count). The van der Waals surface area contributed by atoms with Crippen molar-refractivity contribution in [2.24, 2.45) is 0 Å². The summed E-state index contributed by atoms with van der Waals surface area (Å²) in [6.45, 7) is 6.70. The molecule has 0 fully saturated rings. The Bertz CT molecular complexity index is 1180. The first-order chi connectivity index (χ1) is 37.5. The Balaban J connectivity index is 4.07. The average Bonchev–Trinajstić information content (AvgIpc) is 3.42. The van der Waals surface area contributed by atoms with Crippen LogP contribution in [0.5, 0.6) is 0 Å². The summed E-state index contributed by atoms with van der Waals surface area (Å²) in [7, 11) is 0. The smallest absolute Gasteiger partial charge is 0.306 e. The van der Waals surface area contributed by atoms with E-state index in [0.717, 1.165) is 64.2 Å². The summed E-state index contributed by atoms with van der Waals surface area (Å²) < 4.78 is 16.9. The molecule has 6 heteroatoms. The zero-order chi connectivity index (χ0) is 55.0. The summed E-state index contributed by atoms with van der Waals surface area (Å²) in [6.07, 6.45) is 78.3. The van der Waals surface area contributed by atoms with Crippen molar-refractivity contribution in [2.45, 2.75) is 406 Å². The lowest BCUT2D eigenvalue weighted by Gasteiger charge is -2.18. The molecule has 0 spiro atoms. The summed E-state index contributed by atoms with van der Waals surface area (Å²) in [4.78, 5) is 38.3. The van der Waals surface area contributed by atoms with Gasteiger partial charge >= 0.3 is 17.9 Å². The molecule has 0 saturated carbocycles. The van der Waals surface area contributed by atoms with Crippen molar-refractivity contribution in [3.8, 4) is 0 Å². The molecule has 0 aromatic carbocycles. The van der Waals surface area contributed by atoms with Gasteiger partial charge < -0.3 is 14.2 Å². The monoisotopic (exact) mass is 1070 g/mol. The molecule has 1 unspecified atom stereocenters. The van der Waals surface area contributed by atoms with Crippen molar-refractivity contribution < 1.29 is 28.6 Å². The van der Waals surface area contributed by atoms with Gasteiger partial charge in [-0.15, -0.1) is 0 Å². The molecular weight excluding hydrogens is 937 g/mol. The zero-order valence-electron chi connectivity index (χ0n) is 51.8. The van der Waals surface area contributed by atoms with Crippen molar-refractivity contribution >= 4 is 17.9 Å². The van der Waals surface area contributed by atoms with Crippen molar-refractivity contribution in [1.29, 1.82) is 0 Å². The van der Waals surface area contributed by atoms with Crippen molar-refractivity contribution in [3.63, 3.8) is 0 Å². The predicted molar refractivity (Wildman–Crippen MR) is 330 cm³/mol. The highest BCUT2D eigenvalue weighted by molar-refractivity contribution is 5.71. The molecule has 0 aromatic heterocycles. The van der Waals surface area contributed by atoms with Crippen LogP contribution in [0.2, 0.25) is 0 Å². The first-order valence-corrected chi connectivity index (χ1v) is 34.7. The van der Waals surface area contributed by atoms with Gasteiger partial charge in [0.2, 0.25) is 0 Å². The SMILES string of the molecule is CCCCCCCC/C=C\CCCCCCCC(=O)OC(COC(=O)CCCCCCCCCCCCCC)COC(=O)CCCCCCCCCCCCCCCCCCCCCCCCCCCCCCCCC. The topological polar surface area (TPSA) is 78.9 Å². The maximum Gasteiger partial charge on any atom is 0.306 e. The third-order valence-corrected chi connectivity index (χ3v) is 16.0. The number of allylic oxidation sites excluding steroid dienone is 2. The summed E-state index contributed by atoms with van der Waals surface area (Å²) in [5, 5.41) is 0. The number of hydrogen-bond acceptors (Lipinski definition) is 6. The second kappa shape index (κ2) is 65.7. The van der Waals surface area contributed by atoms with E-state index in [1.807, 2.05) is 0 Å². The minimum absolute atomic E-state index is 0.0670. The van der Waals surface area contributed by atoms with E-state index < -0.39 is 6.10 Å². The van der Waals surface area contributed by atoms with Crippen LogP contribution in [0.25, 0.3) is 0 Å². The maximum atomic E-state index is 12.9. The fourth-order valence-electron chi connectivity index (χ4n) is 10.8. The molecule has 0 aliphatic heterocycles. The molecule has 0 bridgehead atoms. The number of carbonyl (C=O) groups is 3. The summed E-state index contributed by atoms with van der Waals surface area (Å²) in [5.74, 6) is -0.846. The first-order valence-electron chi connectivity index (χ1n) is 34.7. The first kappa shape index (κ1) is 74.2. The number of carbonyl (C=O) groups excluding carboxylic acids is 3. The van der Waals surface area contributed by atoms with E-state index in [-0.39, 0.29) is 31.1 Å². The molecule has 0 aromatic rings. The van der Waals surface area contributed by atoms with Gasteiger partial charge in [0.15, 0.2) is 6.10 Å². The van der Waals surface area contributed by atoms with E-state index in [2.05, 4.69) is 32.9 Å². The fraction of sp³-hybridized carbons (Fsp3) is 0.929. The Morgan fingerprint density at radius 1 is 0.250 bits per heavy atom. The maximum absolute atomic E-state index is 12.9. The third-order valence-electron chi connectivity index (χ3n) is 16.0. The van der Waals surface area contributed by atoms with Crippen LogP contribution < -0.4 is 0 Å². The van der Waals surface area contributed by atoms with E-state index in [0.29, 0.717) is 19.3 Å². The number of esters is 3. The number of hydrogen-bond donors (Lipinski definition) is 0. The average molecular weight is 1070 g/mol. The van der Waals surface area contributed by atoms with Gasteiger partial charge in [0.1, 0.15) is 13.2 Å². The molecule has 0 heterocycles. The van der Waals surface area contributed by atoms with E-state index in [1.165, 1.54) is 295 Å². The zero-order valence-corrected chi connectivity index (χ0v) is 51.8. The van der Waals surface area contributed by atoms with Crippen molar-refractivity contribution in [1.82, 2.24) is 0 Å². The van der Waals surface area contributed by atoms with Gasteiger partial charge in [0.05, 0.1) is 0 Å². The normalized spacial score (nSPS) is 12.0. The largest absolute Gasteiger partial charge is 0.462 e. The van der Waals surface area contributed by atoms with Gasteiger partial charge in [0.25, 0.3) is 0 Å². The Kier molecular flexibility index (Phi) is 64.1. The highest BCUT2D eigenvalue weighted by Gasteiger charge is 2.19. The molecule has 0 N–H and O–H groups in total. The number of rotatable bonds is 65. The fourth-order valence-corrected chi connectivity index (χ4v) is 10.8. The van der Waals surface area contributed by atoms with E-state index in [1.54, 1.807) is 0 Å². The van der Waals surface area contributed by atoms with Crippen LogP contribution in [-0.4, -0.2) is 37.2 Å². The van der Waals surface area contributed by atoms with Gasteiger partial charge in [-0.05, 0) is 44.9 Å². The molecule has 0 aliphatic carbocycles. The van der Waals surface area contributed by atoms with E-state index in [9.17, 15) is 14.4 Å². The Hall–Kier alpha value is -1.85. The van der Waals surface area contributed by atoms with Crippen LogP contribution in [0.4, 0.5) is 0 Å². The number of unbranched alkanes of at least 4 members (excludes halogenated alkanes) is 52. The van der Waals surface area contributed by atoms with Gasteiger partial charge in [-0.25, -0.2) is 0 Å². The van der Waals surface area contributed by atoms with Crippen LogP contribution in [-0.2, 0) is 28.6 Å². The molecule has 450 valence electrons. The van der Waals surface area contributed by atoms with Gasteiger partial charge in [-0.3, -0.25) is 14.4 Å². The quantitative estimate of drug-likeness (QED) is 0.0261. The molecule has 0 amide bonds. The van der Waals surface area contributed by atoms with Gasteiger partial charge in [-0.2, -0.15) is 0 Å². The number of ether oxygens (including phenoxy) is 3. The standard InChI is InChI=1S/C70H134O6/c1-4-7-10-13-16-19-22-25-27-28-29-30-31-32-33-34-35-36-37-38-39-40-41-42-44-45-48-51-54-57-60-63-69(72)75-66-67(65-74-68(71)62-59-56-53-50-47-24-21-18-15-12-9-6-3)76-70(73)64-61-58-55-52-49-46-43-26-23-20-17-14-11-8-5-2/h26,43,67H,4-25,27-42,44-66H2,1-3H3/b43-26-. The second-order valence-corrected chi connectivity index (χ2v) is 23.8. The van der Waals surface area contributed by atoms with Crippen LogP contribution in [0, 0.1) is 0 Å². The summed E-state index contributed by atoms with van der Waals surface area (Å²) in [5.41, 5.74) is 0. The molecule has 6 nitrogen and oxygen atoms in total. The highest BCUT2D eigenvalue weighted by atomic mass is 16.6. The minimum Gasteiger partial charge on any atom is -0.462 e. The molecular formula is C70H134O6. The molecule has 1 atom stereocenters. The molecule has 0 radical (unpaired) electrons.